The third-order valence-electron chi connectivity index (χ3n) is 4.53. The molecule has 0 radical (unpaired) electrons. The minimum atomic E-state index is -1.18. The van der Waals surface area contributed by atoms with Crippen molar-refractivity contribution in [2.24, 2.45) is 0 Å². The van der Waals surface area contributed by atoms with Crippen LogP contribution < -0.4 is 5.32 Å². The van der Waals surface area contributed by atoms with Gasteiger partial charge in [0.15, 0.2) is 0 Å². The van der Waals surface area contributed by atoms with E-state index >= 15 is 0 Å². The lowest BCUT2D eigenvalue weighted by Gasteiger charge is -2.39. The molecular weight excluding hydrogens is 308 g/mol. The van der Waals surface area contributed by atoms with Crippen molar-refractivity contribution in [2.45, 2.75) is 31.8 Å². The van der Waals surface area contributed by atoms with Gasteiger partial charge in [-0.05, 0) is 37.5 Å². The van der Waals surface area contributed by atoms with Gasteiger partial charge in [0.1, 0.15) is 0 Å². The quantitative estimate of drug-likeness (QED) is 0.781. The molecule has 3 N–H and O–H groups in total. The van der Waals surface area contributed by atoms with Gasteiger partial charge in [0.25, 0.3) is 5.91 Å². The van der Waals surface area contributed by atoms with Crippen molar-refractivity contribution < 1.29 is 14.7 Å². The lowest BCUT2D eigenvalue weighted by molar-refractivity contribution is -0.127. The molecule has 24 heavy (non-hydrogen) atoms. The number of H-pyrrole nitrogens is 1. The zero-order valence-electron chi connectivity index (χ0n) is 13.9. The van der Waals surface area contributed by atoms with Crippen LogP contribution in [0.5, 0.6) is 0 Å². The summed E-state index contributed by atoms with van der Waals surface area (Å²) >= 11 is 0. The number of nitrogens with zero attached hydrogens (tertiary/aromatic N) is 2. The third-order valence-corrected chi connectivity index (χ3v) is 4.53. The molecule has 2 aromatic rings. The molecule has 1 aliphatic heterocycles. The van der Waals surface area contributed by atoms with E-state index in [-0.39, 0.29) is 24.8 Å². The summed E-state index contributed by atoms with van der Waals surface area (Å²) in [7, 11) is 1.54. The Kier molecular flexibility index (Phi) is 4.28. The molecule has 1 unspecified atom stereocenters. The van der Waals surface area contributed by atoms with E-state index in [2.05, 4.69) is 15.5 Å². The van der Waals surface area contributed by atoms with Crippen LogP contribution in [-0.4, -0.2) is 57.8 Å². The van der Waals surface area contributed by atoms with E-state index in [9.17, 15) is 14.7 Å². The van der Waals surface area contributed by atoms with E-state index in [1.807, 2.05) is 19.1 Å². The third kappa shape index (κ3) is 3.12. The topological polar surface area (TPSA) is 98.3 Å². The monoisotopic (exact) mass is 330 g/mol. The molecular formula is C17H22N4O3. The minimum absolute atomic E-state index is 0.000561. The summed E-state index contributed by atoms with van der Waals surface area (Å²) in [4.78, 5) is 26.2. The second kappa shape index (κ2) is 6.24. The average molecular weight is 330 g/mol. The lowest BCUT2D eigenvalue weighted by atomic mass is 9.88. The number of amides is 2. The number of likely N-dealkylation sites (tertiary alicyclic amines) is 1. The first-order valence-corrected chi connectivity index (χ1v) is 8.08. The minimum Gasteiger partial charge on any atom is -0.388 e. The molecule has 0 bridgehead atoms. The largest absolute Gasteiger partial charge is 0.388 e. The number of fused-ring (bicyclic) bond motifs is 1. The Hall–Kier alpha value is -2.41. The predicted octanol–water partition coefficient (Wildman–Crippen LogP) is 0.975. The van der Waals surface area contributed by atoms with Gasteiger partial charge in [-0.15, -0.1) is 0 Å². The van der Waals surface area contributed by atoms with Crippen molar-refractivity contribution in [3.63, 3.8) is 0 Å². The van der Waals surface area contributed by atoms with Gasteiger partial charge in [0.2, 0.25) is 5.91 Å². The van der Waals surface area contributed by atoms with Crippen LogP contribution >= 0.6 is 0 Å². The summed E-state index contributed by atoms with van der Waals surface area (Å²) in [5, 5.41) is 21.0. The maximum Gasteiger partial charge on any atom is 0.256 e. The van der Waals surface area contributed by atoms with Crippen molar-refractivity contribution in [2.75, 3.05) is 20.1 Å². The predicted molar refractivity (Wildman–Crippen MR) is 89.6 cm³/mol. The van der Waals surface area contributed by atoms with Crippen molar-refractivity contribution in [3.8, 4) is 0 Å². The molecule has 3 rings (SSSR count). The molecule has 1 saturated heterocycles. The van der Waals surface area contributed by atoms with Crippen molar-refractivity contribution in [1.29, 1.82) is 0 Å². The van der Waals surface area contributed by atoms with Gasteiger partial charge in [-0.1, -0.05) is 0 Å². The van der Waals surface area contributed by atoms with Gasteiger partial charge in [-0.3, -0.25) is 14.7 Å². The van der Waals surface area contributed by atoms with E-state index in [4.69, 9.17) is 0 Å². The Morgan fingerprint density at radius 2 is 2.25 bits per heavy atom. The molecule has 2 heterocycles. The fourth-order valence-corrected chi connectivity index (χ4v) is 3.36. The first-order valence-electron chi connectivity index (χ1n) is 8.08. The fraction of sp³-hybridized carbons (Fsp3) is 0.471. The average Bonchev–Trinajstić information content (AvgIpc) is 3.01. The summed E-state index contributed by atoms with van der Waals surface area (Å²) in [6.45, 7) is 2.66. The zero-order chi connectivity index (χ0) is 17.3. The van der Waals surface area contributed by atoms with Gasteiger partial charge < -0.3 is 15.3 Å². The van der Waals surface area contributed by atoms with Crippen LogP contribution in [0.4, 0.5) is 0 Å². The molecule has 7 heteroatoms. The maximum atomic E-state index is 13.0. The van der Waals surface area contributed by atoms with Crippen molar-refractivity contribution >= 4 is 22.7 Å². The highest BCUT2D eigenvalue weighted by atomic mass is 16.3. The summed E-state index contributed by atoms with van der Waals surface area (Å²) < 4.78 is 0. The highest BCUT2D eigenvalue weighted by molar-refractivity contribution is 6.05. The summed E-state index contributed by atoms with van der Waals surface area (Å²) in [5.74, 6) is -0.374. The Morgan fingerprint density at radius 1 is 1.46 bits per heavy atom. The number of aryl methyl sites for hydroxylation is 1. The number of hydrogen-bond donors (Lipinski definition) is 3. The van der Waals surface area contributed by atoms with Crippen LogP contribution in [0.25, 0.3) is 10.9 Å². The number of carbonyl (C=O) groups excluding carboxylic acids is 2. The van der Waals surface area contributed by atoms with Crippen LogP contribution in [-0.2, 0) is 4.79 Å². The number of piperidine rings is 1. The number of benzene rings is 1. The van der Waals surface area contributed by atoms with Crippen molar-refractivity contribution in [1.82, 2.24) is 20.4 Å². The second-order valence-electron chi connectivity index (χ2n) is 6.55. The number of carbonyl (C=O) groups is 2. The number of aromatic nitrogens is 2. The van der Waals surface area contributed by atoms with Gasteiger partial charge in [-0.2, -0.15) is 5.10 Å². The van der Waals surface area contributed by atoms with E-state index in [1.54, 1.807) is 18.1 Å². The number of β-amino-alcohol motifs (C(OH)–C–C–N with tert-alkyl or cyclic N) is 1. The van der Waals surface area contributed by atoms with E-state index in [0.29, 0.717) is 30.5 Å². The molecule has 0 saturated carbocycles. The van der Waals surface area contributed by atoms with Crippen LogP contribution in [0.2, 0.25) is 0 Å². The highest BCUT2D eigenvalue weighted by Crippen LogP contribution is 2.27. The Bertz CT molecular complexity index is 785. The molecule has 128 valence electrons. The standard InChI is InChI=1S/C17H22N4O3/c1-11-6-12-9-19-20-15(12)13(7-11)16(23)21-5-3-4-17(24,10-21)8-14(22)18-2/h6-7,9,24H,3-5,8,10H2,1-2H3,(H,18,22)(H,19,20). The number of hydrogen-bond acceptors (Lipinski definition) is 4. The molecule has 1 aliphatic rings. The van der Waals surface area contributed by atoms with E-state index < -0.39 is 5.60 Å². The first kappa shape index (κ1) is 16.4. The maximum absolute atomic E-state index is 13.0. The van der Waals surface area contributed by atoms with E-state index in [1.165, 1.54) is 0 Å². The smallest absolute Gasteiger partial charge is 0.256 e. The second-order valence-corrected chi connectivity index (χ2v) is 6.55. The molecule has 1 atom stereocenters. The SMILES string of the molecule is CNC(=O)CC1(O)CCCN(C(=O)c2cc(C)cc3cn[nH]c23)C1. The van der Waals surface area contributed by atoms with Gasteiger partial charge in [-0.25, -0.2) is 0 Å². The Morgan fingerprint density at radius 3 is 3.00 bits per heavy atom. The normalized spacial score (nSPS) is 21.0. The van der Waals surface area contributed by atoms with Gasteiger partial charge >= 0.3 is 0 Å². The molecule has 1 fully saturated rings. The first-order chi connectivity index (χ1) is 11.4. The number of aliphatic hydroxyl groups is 1. The molecule has 0 aliphatic carbocycles. The van der Waals surface area contributed by atoms with Crippen LogP contribution in [0.1, 0.15) is 35.2 Å². The van der Waals surface area contributed by atoms with Gasteiger partial charge in [0.05, 0.1) is 35.8 Å². The summed E-state index contributed by atoms with van der Waals surface area (Å²) in [6, 6.07) is 3.79. The number of rotatable bonds is 3. The fourth-order valence-electron chi connectivity index (χ4n) is 3.36. The van der Waals surface area contributed by atoms with Crippen LogP contribution in [0, 0.1) is 6.92 Å². The summed E-state index contributed by atoms with van der Waals surface area (Å²) in [5.41, 5.74) is 1.05. The molecule has 2 amide bonds. The van der Waals surface area contributed by atoms with Gasteiger partial charge in [0, 0.05) is 19.0 Å². The highest BCUT2D eigenvalue weighted by Gasteiger charge is 2.37. The molecule has 1 aromatic carbocycles. The number of aromatic amines is 1. The Balaban J connectivity index is 1.86. The zero-order valence-corrected chi connectivity index (χ0v) is 13.9. The van der Waals surface area contributed by atoms with Crippen LogP contribution in [0.3, 0.4) is 0 Å². The van der Waals surface area contributed by atoms with E-state index in [0.717, 1.165) is 10.9 Å². The molecule has 1 aromatic heterocycles. The summed E-state index contributed by atoms with van der Waals surface area (Å²) in [6.07, 6.45) is 2.87. The number of nitrogens with one attached hydrogen (secondary N) is 2. The lowest BCUT2D eigenvalue weighted by Crippen LogP contribution is -2.52. The Labute approximate surface area is 140 Å². The van der Waals surface area contributed by atoms with Crippen LogP contribution in [0.15, 0.2) is 18.3 Å². The van der Waals surface area contributed by atoms with Crippen molar-refractivity contribution in [3.05, 3.63) is 29.5 Å². The molecule has 7 nitrogen and oxygen atoms in total. The molecule has 0 spiro atoms.